The van der Waals surface area contributed by atoms with Gasteiger partial charge in [-0.2, -0.15) is 0 Å². The second-order valence-electron chi connectivity index (χ2n) is 4.55. The highest BCUT2D eigenvalue weighted by Gasteiger charge is 2.11. The summed E-state index contributed by atoms with van der Waals surface area (Å²) in [5.74, 6) is -0.454. The number of thioether (sulfide) groups is 1. The molecule has 0 saturated heterocycles. The van der Waals surface area contributed by atoms with Crippen LogP contribution in [0.3, 0.4) is 0 Å². The molecule has 4 nitrogen and oxygen atoms in total. The van der Waals surface area contributed by atoms with Crippen molar-refractivity contribution in [3.8, 4) is 0 Å². The van der Waals surface area contributed by atoms with Crippen LogP contribution >= 0.6 is 11.8 Å². The van der Waals surface area contributed by atoms with E-state index in [1.807, 2.05) is 13.8 Å². The summed E-state index contributed by atoms with van der Waals surface area (Å²) in [5, 5.41) is 4.52. The standard InChI is InChI=1S/C14H11F2N3OS/c1-7-9(8(2)20-19-7)6-21-14-5-17-12-3-10(15)11(16)4-13(12)18-14/h3-5H,6H2,1-2H3. The fourth-order valence-corrected chi connectivity index (χ4v) is 2.91. The molecule has 0 radical (unpaired) electrons. The fraction of sp³-hybridized carbons (Fsp3) is 0.214. The Hall–Kier alpha value is -2.02. The maximum Gasteiger partial charge on any atom is 0.161 e. The first kappa shape index (κ1) is 13.9. The highest BCUT2D eigenvalue weighted by Crippen LogP contribution is 2.26. The highest BCUT2D eigenvalue weighted by atomic mass is 32.2. The van der Waals surface area contributed by atoms with Gasteiger partial charge < -0.3 is 4.52 Å². The van der Waals surface area contributed by atoms with Crippen LogP contribution in [0.15, 0.2) is 27.9 Å². The molecule has 0 aliphatic heterocycles. The van der Waals surface area contributed by atoms with E-state index in [2.05, 4.69) is 15.1 Å². The quantitative estimate of drug-likeness (QED) is 0.689. The Morgan fingerprint density at radius 1 is 1.14 bits per heavy atom. The SMILES string of the molecule is Cc1noc(C)c1CSc1cnc2cc(F)c(F)cc2n1. The summed E-state index contributed by atoms with van der Waals surface area (Å²) in [5.41, 5.74) is 2.50. The predicted molar refractivity (Wildman–Crippen MR) is 75.0 cm³/mol. The Labute approximate surface area is 123 Å². The second-order valence-corrected chi connectivity index (χ2v) is 5.55. The monoisotopic (exact) mass is 307 g/mol. The van der Waals surface area contributed by atoms with E-state index in [0.29, 0.717) is 21.8 Å². The normalized spacial score (nSPS) is 11.2. The van der Waals surface area contributed by atoms with Crippen LogP contribution in [0.5, 0.6) is 0 Å². The summed E-state index contributed by atoms with van der Waals surface area (Å²) < 4.78 is 31.4. The molecule has 0 saturated carbocycles. The Morgan fingerprint density at radius 2 is 1.86 bits per heavy atom. The zero-order chi connectivity index (χ0) is 15.0. The third kappa shape index (κ3) is 2.73. The first-order valence-corrected chi connectivity index (χ1v) is 7.19. The van der Waals surface area contributed by atoms with Gasteiger partial charge in [0, 0.05) is 23.4 Å². The van der Waals surface area contributed by atoms with Crippen molar-refractivity contribution in [2.75, 3.05) is 0 Å². The minimum atomic E-state index is -0.926. The number of halogens is 2. The molecule has 0 atom stereocenters. The number of aromatic nitrogens is 3. The van der Waals surface area contributed by atoms with E-state index in [-0.39, 0.29) is 0 Å². The molecule has 1 aromatic carbocycles. The van der Waals surface area contributed by atoms with E-state index in [9.17, 15) is 8.78 Å². The Bertz CT molecular complexity index is 800. The molecule has 0 unspecified atom stereocenters. The molecule has 2 heterocycles. The smallest absolute Gasteiger partial charge is 0.161 e. The number of hydrogen-bond donors (Lipinski definition) is 0. The van der Waals surface area contributed by atoms with Crippen molar-refractivity contribution in [2.24, 2.45) is 0 Å². The molecule has 0 bridgehead atoms. The molecule has 21 heavy (non-hydrogen) atoms. The molecule has 0 amide bonds. The number of aryl methyl sites for hydroxylation is 2. The van der Waals surface area contributed by atoms with E-state index in [1.54, 1.807) is 6.20 Å². The van der Waals surface area contributed by atoms with Crippen molar-refractivity contribution in [1.82, 2.24) is 15.1 Å². The van der Waals surface area contributed by atoms with Gasteiger partial charge in [-0.25, -0.2) is 13.8 Å². The zero-order valence-corrected chi connectivity index (χ0v) is 12.2. The van der Waals surface area contributed by atoms with E-state index >= 15 is 0 Å². The van der Waals surface area contributed by atoms with Gasteiger partial charge in [-0.1, -0.05) is 16.9 Å². The Balaban J connectivity index is 1.86. The summed E-state index contributed by atoms with van der Waals surface area (Å²) in [6.45, 7) is 3.72. The van der Waals surface area contributed by atoms with Crippen molar-refractivity contribution in [1.29, 1.82) is 0 Å². The average molecular weight is 307 g/mol. The van der Waals surface area contributed by atoms with Crippen molar-refractivity contribution in [2.45, 2.75) is 24.6 Å². The lowest BCUT2D eigenvalue weighted by atomic mass is 10.2. The summed E-state index contributed by atoms with van der Waals surface area (Å²) in [7, 11) is 0. The van der Waals surface area contributed by atoms with Crippen molar-refractivity contribution in [3.63, 3.8) is 0 Å². The van der Waals surface area contributed by atoms with Gasteiger partial charge in [-0.05, 0) is 13.8 Å². The van der Waals surface area contributed by atoms with Crippen LogP contribution in [0.25, 0.3) is 11.0 Å². The third-order valence-electron chi connectivity index (χ3n) is 3.11. The van der Waals surface area contributed by atoms with Gasteiger partial charge in [-0.3, -0.25) is 4.98 Å². The van der Waals surface area contributed by atoms with Gasteiger partial charge in [0.25, 0.3) is 0 Å². The highest BCUT2D eigenvalue weighted by molar-refractivity contribution is 7.98. The van der Waals surface area contributed by atoms with Gasteiger partial charge in [0.1, 0.15) is 10.8 Å². The maximum atomic E-state index is 13.2. The van der Waals surface area contributed by atoms with Crippen LogP contribution in [-0.4, -0.2) is 15.1 Å². The molecule has 3 rings (SSSR count). The summed E-state index contributed by atoms with van der Waals surface area (Å²) in [4.78, 5) is 8.38. The molecular formula is C14H11F2N3OS. The predicted octanol–water partition coefficient (Wildman–Crippen LogP) is 3.81. The molecule has 0 aliphatic carbocycles. The van der Waals surface area contributed by atoms with Crippen LogP contribution in [0.1, 0.15) is 17.0 Å². The van der Waals surface area contributed by atoms with E-state index in [0.717, 1.165) is 29.2 Å². The molecule has 0 fully saturated rings. The number of nitrogens with zero attached hydrogens (tertiary/aromatic N) is 3. The first-order valence-electron chi connectivity index (χ1n) is 6.21. The van der Waals surface area contributed by atoms with E-state index < -0.39 is 11.6 Å². The van der Waals surface area contributed by atoms with Crippen LogP contribution in [0.2, 0.25) is 0 Å². The van der Waals surface area contributed by atoms with Gasteiger partial charge in [0.05, 0.1) is 22.9 Å². The van der Waals surface area contributed by atoms with Crippen LogP contribution in [0, 0.1) is 25.5 Å². The van der Waals surface area contributed by atoms with E-state index in [1.165, 1.54) is 11.8 Å². The Morgan fingerprint density at radius 3 is 2.52 bits per heavy atom. The number of fused-ring (bicyclic) bond motifs is 1. The number of benzene rings is 1. The van der Waals surface area contributed by atoms with Crippen LogP contribution in [0.4, 0.5) is 8.78 Å². The second kappa shape index (κ2) is 5.40. The van der Waals surface area contributed by atoms with Crippen LogP contribution in [-0.2, 0) is 5.75 Å². The summed E-state index contributed by atoms with van der Waals surface area (Å²) >= 11 is 1.44. The Kier molecular flexibility index (Phi) is 3.59. The molecule has 0 spiro atoms. The van der Waals surface area contributed by atoms with Crippen molar-refractivity contribution < 1.29 is 13.3 Å². The van der Waals surface area contributed by atoms with Crippen molar-refractivity contribution in [3.05, 3.63) is 47.0 Å². The first-order chi connectivity index (χ1) is 10.0. The molecule has 3 aromatic rings. The molecular weight excluding hydrogens is 296 g/mol. The molecule has 7 heteroatoms. The van der Waals surface area contributed by atoms with Gasteiger partial charge >= 0.3 is 0 Å². The molecule has 2 aromatic heterocycles. The summed E-state index contributed by atoms with van der Waals surface area (Å²) in [6, 6.07) is 2.10. The van der Waals surface area contributed by atoms with Gasteiger partial charge in [0.15, 0.2) is 11.6 Å². The lowest BCUT2D eigenvalue weighted by Crippen LogP contribution is -1.92. The average Bonchev–Trinajstić information content (AvgIpc) is 2.77. The molecule has 108 valence electrons. The topological polar surface area (TPSA) is 51.8 Å². The third-order valence-corrected chi connectivity index (χ3v) is 4.03. The van der Waals surface area contributed by atoms with Crippen LogP contribution < -0.4 is 0 Å². The molecule has 0 N–H and O–H groups in total. The zero-order valence-electron chi connectivity index (χ0n) is 11.4. The lowest BCUT2D eigenvalue weighted by Gasteiger charge is -2.03. The minimum absolute atomic E-state index is 0.329. The van der Waals surface area contributed by atoms with Gasteiger partial charge in [0.2, 0.25) is 0 Å². The minimum Gasteiger partial charge on any atom is -0.361 e. The summed E-state index contributed by atoms with van der Waals surface area (Å²) in [6.07, 6.45) is 1.54. The van der Waals surface area contributed by atoms with E-state index in [4.69, 9.17) is 4.52 Å². The van der Waals surface area contributed by atoms with Crippen molar-refractivity contribution >= 4 is 22.8 Å². The maximum absolute atomic E-state index is 13.2. The van der Waals surface area contributed by atoms with Gasteiger partial charge in [-0.15, -0.1) is 0 Å². The number of rotatable bonds is 3. The lowest BCUT2D eigenvalue weighted by molar-refractivity contribution is 0.392. The number of hydrogen-bond acceptors (Lipinski definition) is 5. The largest absolute Gasteiger partial charge is 0.361 e. The molecule has 0 aliphatic rings. The fourth-order valence-electron chi connectivity index (χ4n) is 1.91.